The minimum atomic E-state index is -4.51. The number of ether oxygens (including phenoxy) is 1. The van der Waals surface area contributed by atoms with E-state index in [1.807, 2.05) is 0 Å². The molecule has 1 atom stereocenters. The van der Waals surface area contributed by atoms with Gasteiger partial charge in [0.15, 0.2) is 6.10 Å². The summed E-state index contributed by atoms with van der Waals surface area (Å²) >= 11 is 0. The van der Waals surface area contributed by atoms with Gasteiger partial charge in [0.2, 0.25) is 5.75 Å². The van der Waals surface area contributed by atoms with Gasteiger partial charge in [0.1, 0.15) is 10.7 Å². The average Bonchev–Trinajstić information content (AvgIpc) is 2.26. The van der Waals surface area contributed by atoms with E-state index in [1.165, 1.54) is 6.92 Å². The monoisotopic (exact) mass is 326 g/mol. The Morgan fingerprint density at radius 1 is 1.55 bits per heavy atom. The van der Waals surface area contributed by atoms with Gasteiger partial charge >= 0.3 is 5.69 Å². The van der Waals surface area contributed by atoms with Crippen molar-refractivity contribution < 1.29 is 27.3 Å². The minimum absolute atomic E-state index is 0.403. The first-order valence-electron chi connectivity index (χ1n) is 4.92. The Labute approximate surface area is 116 Å². The number of carbonyl (C=O) groups is 1. The Hall–Kier alpha value is -1.94. The molecule has 0 saturated carbocycles. The van der Waals surface area contributed by atoms with Crippen LogP contribution in [-0.4, -0.2) is 25.4 Å². The van der Waals surface area contributed by atoms with Gasteiger partial charge in [-0.05, 0) is 6.92 Å². The molecule has 8 nitrogen and oxygen atoms in total. The maximum absolute atomic E-state index is 13.6. The normalized spacial score (nSPS) is 12.8. The fraction of sp³-hybridized carbons (Fsp3) is 0.222. The Bertz CT molecular complexity index is 677. The SMILES string of the molecule is CC(Oc1cc(F)c(S(=O)(=O)Cl)cc1[N+](=O)[O-])C(N)=O. The highest BCUT2D eigenvalue weighted by molar-refractivity contribution is 8.13. The number of carbonyl (C=O) groups excluding carboxylic acids is 1. The largest absolute Gasteiger partial charge is 0.474 e. The van der Waals surface area contributed by atoms with Crippen molar-refractivity contribution in [2.75, 3.05) is 0 Å². The highest BCUT2D eigenvalue weighted by Gasteiger charge is 2.27. The van der Waals surface area contributed by atoms with Crippen LogP contribution >= 0.6 is 10.7 Å². The van der Waals surface area contributed by atoms with Gasteiger partial charge in [0, 0.05) is 22.8 Å². The molecule has 0 fully saturated rings. The lowest BCUT2D eigenvalue weighted by Crippen LogP contribution is -2.30. The number of hydrogen-bond acceptors (Lipinski definition) is 6. The van der Waals surface area contributed by atoms with Crippen LogP contribution in [0, 0.1) is 15.9 Å². The van der Waals surface area contributed by atoms with Gasteiger partial charge in [0.25, 0.3) is 15.0 Å². The molecule has 2 N–H and O–H groups in total. The highest BCUT2D eigenvalue weighted by Crippen LogP contribution is 2.33. The predicted molar refractivity (Wildman–Crippen MR) is 65.4 cm³/mol. The number of nitro groups is 1. The molecule has 1 rings (SSSR count). The quantitative estimate of drug-likeness (QED) is 0.486. The Balaban J connectivity index is 3.43. The number of rotatable bonds is 5. The predicted octanol–water partition coefficient (Wildman–Crippen LogP) is 0.914. The number of nitrogens with zero attached hydrogens (tertiary/aromatic N) is 1. The summed E-state index contributed by atoms with van der Waals surface area (Å²) in [7, 11) is 0.438. The molecule has 11 heteroatoms. The maximum Gasteiger partial charge on any atom is 0.312 e. The Kier molecular flexibility index (Phi) is 4.50. The molecule has 0 radical (unpaired) electrons. The Morgan fingerprint density at radius 3 is 2.50 bits per heavy atom. The topological polar surface area (TPSA) is 130 Å². The summed E-state index contributed by atoms with van der Waals surface area (Å²) in [5.41, 5.74) is 4.04. The molecule has 0 bridgehead atoms. The molecule has 0 heterocycles. The molecule has 1 amide bonds. The first-order chi connectivity index (χ1) is 9.04. The van der Waals surface area contributed by atoms with E-state index < -0.39 is 48.1 Å². The van der Waals surface area contributed by atoms with E-state index in [9.17, 15) is 27.7 Å². The molecule has 0 spiro atoms. The van der Waals surface area contributed by atoms with Crippen LogP contribution in [0.4, 0.5) is 10.1 Å². The van der Waals surface area contributed by atoms with Crippen molar-refractivity contribution in [3.8, 4) is 5.75 Å². The average molecular weight is 327 g/mol. The summed E-state index contributed by atoms with van der Waals surface area (Å²) in [6, 6.07) is 0.855. The zero-order valence-corrected chi connectivity index (χ0v) is 11.4. The smallest absolute Gasteiger partial charge is 0.312 e. The van der Waals surface area contributed by atoms with Gasteiger partial charge in [-0.3, -0.25) is 14.9 Å². The summed E-state index contributed by atoms with van der Waals surface area (Å²) in [5, 5.41) is 10.8. The highest BCUT2D eigenvalue weighted by atomic mass is 35.7. The Morgan fingerprint density at radius 2 is 2.10 bits per heavy atom. The summed E-state index contributed by atoms with van der Waals surface area (Å²) in [4.78, 5) is 19.6. The van der Waals surface area contributed by atoms with Crippen molar-refractivity contribution in [3.63, 3.8) is 0 Å². The molecular formula is C9H8ClFN2O6S. The summed E-state index contributed by atoms with van der Waals surface area (Å²) in [6.45, 7) is 1.19. The standard InChI is InChI=1S/C9H8ClFN2O6S/c1-4(9(12)14)19-7-2-5(11)8(20(10,17)18)3-6(7)13(15)16/h2-4H,1H3,(H2,12,14). The van der Waals surface area contributed by atoms with Crippen molar-refractivity contribution in [1.29, 1.82) is 0 Å². The molecule has 1 unspecified atom stereocenters. The number of nitro benzene ring substituents is 1. The van der Waals surface area contributed by atoms with Crippen LogP contribution in [0.5, 0.6) is 5.75 Å². The van der Waals surface area contributed by atoms with Gasteiger partial charge in [-0.15, -0.1) is 0 Å². The van der Waals surface area contributed by atoms with E-state index in [4.69, 9.17) is 21.2 Å². The first kappa shape index (κ1) is 16.1. The molecule has 110 valence electrons. The second-order valence-corrected chi connectivity index (χ2v) is 6.14. The number of amides is 1. The lowest BCUT2D eigenvalue weighted by molar-refractivity contribution is -0.386. The van der Waals surface area contributed by atoms with Crippen LogP contribution in [0.3, 0.4) is 0 Å². The van der Waals surface area contributed by atoms with Crippen molar-refractivity contribution >= 4 is 31.3 Å². The van der Waals surface area contributed by atoms with E-state index in [-0.39, 0.29) is 0 Å². The number of halogens is 2. The molecule has 20 heavy (non-hydrogen) atoms. The maximum atomic E-state index is 13.6. The van der Waals surface area contributed by atoms with Crippen LogP contribution in [0.15, 0.2) is 17.0 Å². The third-order valence-corrected chi connectivity index (χ3v) is 3.51. The van der Waals surface area contributed by atoms with Crippen molar-refractivity contribution in [2.45, 2.75) is 17.9 Å². The molecule has 1 aromatic rings. The molecule has 0 aliphatic carbocycles. The number of hydrogen-bond donors (Lipinski definition) is 1. The number of benzene rings is 1. The van der Waals surface area contributed by atoms with Gasteiger partial charge < -0.3 is 10.5 Å². The fourth-order valence-electron chi connectivity index (χ4n) is 1.20. The van der Waals surface area contributed by atoms with E-state index in [1.54, 1.807) is 0 Å². The molecular weight excluding hydrogens is 319 g/mol. The van der Waals surface area contributed by atoms with E-state index in [0.29, 0.717) is 12.1 Å². The first-order valence-corrected chi connectivity index (χ1v) is 7.23. The molecule has 0 aliphatic heterocycles. The third kappa shape index (κ3) is 3.54. The van der Waals surface area contributed by atoms with Crippen LogP contribution in [-0.2, 0) is 13.8 Å². The molecule has 1 aromatic carbocycles. The lowest BCUT2D eigenvalue weighted by Gasteiger charge is -2.12. The van der Waals surface area contributed by atoms with Gasteiger partial charge in [-0.1, -0.05) is 0 Å². The zero-order chi connectivity index (χ0) is 15.7. The molecule has 0 aromatic heterocycles. The second-order valence-electron chi connectivity index (χ2n) is 3.61. The second kappa shape index (κ2) is 5.59. The van der Waals surface area contributed by atoms with E-state index >= 15 is 0 Å². The third-order valence-electron chi connectivity index (χ3n) is 2.18. The van der Waals surface area contributed by atoms with Crippen LogP contribution in [0.2, 0.25) is 0 Å². The van der Waals surface area contributed by atoms with Gasteiger partial charge in [0.05, 0.1) is 4.92 Å². The van der Waals surface area contributed by atoms with Gasteiger partial charge in [-0.25, -0.2) is 12.8 Å². The van der Waals surface area contributed by atoms with E-state index in [2.05, 4.69) is 0 Å². The van der Waals surface area contributed by atoms with Crippen LogP contribution < -0.4 is 10.5 Å². The van der Waals surface area contributed by atoms with Crippen molar-refractivity contribution in [3.05, 3.63) is 28.1 Å². The van der Waals surface area contributed by atoms with Crippen molar-refractivity contribution in [1.82, 2.24) is 0 Å². The zero-order valence-electron chi connectivity index (χ0n) is 9.87. The minimum Gasteiger partial charge on any atom is -0.474 e. The summed E-state index contributed by atoms with van der Waals surface area (Å²) in [5.74, 6) is -2.92. The molecule has 0 saturated heterocycles. The van der Waals surface area contributed by atoms with Crippen LogP contribution in [0.25, 0.3) is 0 Å². The van der Waals surface area contributed by atoms with Crippen molar-refractivity contribution in [2.24, 2.45) is 5.73 Å². The number of primary amides is 1. The summed E-state index contributed by atoms with van der Waals surface area (Å²) < 4.78 is 40.5. The molecule has 0 aliphatic rings. The van der Waals surface area contributed by atoms with Crippen LogP contribution in [0.1, 0.15) is 6.92 Å². The fourth-order valence-corrected chi connectivity index (χ4v) is 2.10. The lowest BCUT2D eigenvalue weighted by atomic mass is 10.2. The number of nitrogens with two attached hydrogens (primary N) is 1. The van der Waals surface area contributed by atoms with E-state index in [0.717, 1.165) is 0 Å². The van der Waals surface area contributed by atoms with Gasteiger partial charge in [-0.2, -0.15) is 0 Å². The summed E-state index contributed by atoms with van der Waals surface area (Å²) in [6.07, 6.45) is -1.27.